The highest BCUT2D eigenvalue weighted by Crippen LogP contribution is 2.28. The molecule has 0 bridgehead atoms. The van der Waals surface area contributed by atoms with Gasteiger partial charge in [-0.2, -0.15) is 0 Å². The van der Waals surface area contributed by atoms with Crippen LogP contribution in [0.2, 0.25) is 0 Å². The molecule has 0 unspecified atom stereocenters. The zero-order valence-corrected chi connectivity index (χ0v) is 12.7. The fourth-order valence-corrected chi connectivity index (χ4v) is 2.40. The summed E-state index contributed by atoms with van der Waals surface area (Å²) >= 11 is 3.22. The van der Waals surface area contributed by atoms with Gasteiger partial charge in [0.2, 0.25) is 0 Å². The molecular formula is C15H16BrNO2. The van der Waals surface area contributed by atoms with Crippen LogP contribution in [0.25, 0.3) is 0 Å². The number of amides is 1. The third-order valence-electron chi connectivity index (χ3n) is 3.03. The summed E-state index contributed by atoms with van der Waals surface area (Å²) in [5, 5.41) is 2.97. The van der Waals surface area contributed by atoms with Crippen LogP contribution >= 0.6 is 15.9 Å². The number of para-hydroxylation sites is 1. The smallest absolute Gasteiger partial charge is 0.260 e. The first-order valence-corrected chi connectivity index (χ1v) is 6.94. The Balaban J connectivity index is 2.34. The molecule has 2 aromatic rings. The van der Waals surface area contributed by atoms with E-state index in [2.05, 4.69) is 35.1 Å². The van der Waals surface area contributed by atoms with Gasteiger partial charge >= 0.3 is 0 Å². The van der Waals surface area contributed by atoms with Gasteiger partial charge in [0.1, 0.15) is 0 Å². The van der Waals surface area contributed by atoms with E-state index in [1.54, 1.807) is 6.07 Å². The van der Waals surface area contributed by atoms with E-state index in [0.717, 1.165) is 16.8 Å². The Labute approximate surface area is 121 Å². The minimum atomic E-state index is -0.170. The van der Waals surface area contributed by atoms with Crippen LogP contribution in [0.5, 0.6) is 0 Å². The maximum absolute atomic E-state index is 12.2. The Morgan fingerprint density at radius 3 is 2.63 bits per heavy atom. The van der Waals surface area contributed by atoms with E-state index in [9.17, 15) is 4.79 Å². The lowest BCUT2D eigenvalue weighted by Crippen LogP contribution is -2.14. The van der Waals surface area contributed by atoms with Gasteiger partial charge in [-0.15, -0.1) is 0 Å². The lowest BCUT2D eigenvalue weighted by molar-refractivity contribution is 0.102. The van der Waals surface area contributed by atoms with Crippen molar-refractivity contribution in [3.63, 3.8) is 0 Å². The molecule has 4 heteroatoms. The van der Waals surface area contributed by atoms with Crippen LogP contribution in [0.3, 0.4) is 0 Å². The van der Waals surface area contributed by atoms with Crippen LogP contribution < -0.4 is 5.32 Å². The Hall–Kier alpha value is -1.55. The molecule has 2 rings (SSSR count). The van der Waals surface area contributed by atoms with Gasteiger partial charge in [-0.25, -0.2) is 0 Å². The number of anilines is 1. The molecule has 0 saturated carbocycles. The largest absolute Gasteiger partial charge is 0.457 e. The number of carbonyl (C=O) groups excluding carboxylic acids is 1. The van der Waals surface area contributed by atoms with Gasteiger partial charge in [-0.05, 0) is 46.0 Å². The first-order chi connectivity index (χ1) is 9.00. The molecule has 0 aliphatic carbocycles. The second kappa shape index (κ2) is 5.61. The number of nitrogens with one attached hydrogen (secondary N) is 1. The summed E-state index contributed by atoms with van der Waals surface area (Å²) in [7, 11) is 0. The molecule has 1 N–H and O–H groups in total. The van der Waals surface area contributed by atoms with Crippen molar-refractivity contribution in [3.8, 4) is 0 Å². The molecule has 0 fully saturated rings. The number of hydrogen-bond donors (Lipinski definition) is 1. The van der Waals surface area contributed by atoms with E-state index in [1.807, 2.05) is 25.1 Å². The molecule has 0 aliphatic heterocycles. The molecule has 100 valence electrons. The van der Waals surface area contributed by atoms with Crippen LogP contribution in [0.15, 0.2) is 39.6 Å². The zero-order chi connectivity index (χ0) is 14.0. The van der Waals surface area contributed by atoms with E-state index in [1.165, 1.54) is 6.26 Å². The fraction of sp³-hybridized carbons (Fsp3) is 0.267. The minimum absolute atomic E-state index is 0.170. The molecule has 1 aromatic heterocycles. The molecule has 0 atom stereocenters. The van der Waals surface area contributed by atoms with E-state index in [0.29, 0.717) is 16.2 Å². The summed E-state index contributed by atoms with van der Waals surface area (Å²) in [6.45, 7) is 6.21. The van der Waals surface area contributed by atoms with Gasteiger partial charge in [0.15, 0.2) is 4.67 Å². The van der Waals surface area contributed by atoms with Crippen LogP contribution in [0, 0.1) is 6.92 Å². The van der Waals surface area contributed by atoms with Crippen molar-refractivity contribution in [2.45, 2.75) is 26.7 Å². The monoisotopic (exact) mass is 321 g/mol. The Bertz CT molecular complexity index is 602. The van der Waals surface area contributed by atoms with E-state index >= 15 is 0 Å². The molecule has 1 aromatic carbocycles. The first-order valence-electron chi connectivity index (χ1n) is 6.14. The van der Waals surface area contributed by atoms with Gasteiger partial charge in [-0.1, -0.05) is 32.0 Å². The molecule has 19 heavy (non-hydrogen) atoms. The van der Waals surface area contributed by atoms with Gasteiger partial charge in [-0.3, -0.25) is 4.79 Å². The summed E-state index contributed by atoms with van der Waals surface area (Å²) in [6, 6.07) is 7.68. The van der Waals surface area contributed by atoms with Crippen molar-refractivity contribution >= 4 is 27.5 Å². The lowest BCUT2D eigenvalue weighted by Gasteiger charge is -2.16. The summed E-state index contributed by atoms with van der Waals surface area (Å²) in [5.74, 6) is 0.180. The predicted molar refractivity (Wildman–Crippen MR) is 79.6 cm³/mol. The molecule has 0 saturated heterocycles. The van der Waals surface area contributed by atoms with Crippen LogP contribution in [0.4, 0.5) is 5.69 Å². The fourth-order valence-electron chi connectivity index (χ4n) is 1.98. The predicted octanol–water partition coefficient (Wildman–Crippen LogP) is 4.73. The van der Waals surface area contributed by atoms with E-state index in [-0.39, 0.29) is 5.91 Å². The number of hydrogen-bond acceptors (Lipinski definition) is 2. The third kappa shape index (κ3) is 2.89. The van der Waals surface area contributed by atoms with E-state index < -0.39 is 0 Å². The van der Waals surface area contributed by atoms with Crippen molar-refractivity contribution < 1.29 is 9.21 Å². The molecule has 0 aliphatic rings. The molecular weight excluding hydrogens is 306 g/mol. The Morgan fingerprint density at radius 1 is 1.32 bits per heavy atom. The quantitative estimate of drug-likeness (QED) is 0.888. The van der Waals surface area contributed by atoms with Gasteiger partial charge in [0.25, 0.3) is 5.91 Å². The second-order valence-corrected chi connectivity index (χ2v) is 5.48. The van der Waals surface area contributed by atoms with E-state index in [4.69, 9.17) is 4.42 Å². The number of furan rings is 1. The van der Waals surface area contributed by atoms with Crippen LogP contribution in [-0.4, -0.2) is 5.91 Å². The SMILES string of the molecule is Cc1cccc(C(C)C)c1NC(=O)c1ccoc1Br. The van der Waals surface area contributed by atoms with Crippen LogP contribution in [-0.2, 0) is 0 Å². The van der Waals surface area contributed by atoms with Crippen molar-refractivity contribution in [2.75, 3.05) is 5.32 Å². The second-order valence-electron chi connectivity index (χ2n) is 4.76. The highest BCUT2D eigenvalue weighted by atomic mass is 79.9. The topological polar surface area (TPSA) is 42.2 Å². The van der Waals surface area contributed by atoms with Crippen molar-refractivity contribution in [3.05, 3.63) is 51.9 Å². The van der Waals surface area contributed by atoms with Gasteiger partial charge in [0.05, 0.1) is 11.8 Å². The van der Waals surface area contributed by atoms with Crippen molar-refractivity contribution in [1.82, 2.24) is 0 Å². The zero-order valence-electron chi connectivity index (χ0n) is 11.2. The lowest BCUT2D eigenvalue weighted by atomic mass is 9.98. The average molecular weight is 322 g/mol. The number of aryl methyl sites for hydroxylation is 1. The summed E-state index contributed by atoms with van der Waals surface area (Å²) in [6.07, 6.45) is 1.49. The maximum Gasteiger partial charge on any atom is 0.260 e. The summed E-state index contributed by atoms with van der Waals surface area (Å²) in [4.78, 5) is 12.2. The minimum Gasteiger partial charge on any atom is -0.457 e. The standard InChI is InChI=1S/C15H16BrNO2/c1-9(2)11-6-4-5-10(3)13(11)17-15(18)12-7-8-19-14(12)16/h4-9H,1-3H3,(H,17,18). The summed E-state index contributed by atoms with van der Waals surface area (Å²) < 4.78 is 5.54. The third-order valence-corrected chi connectivity index (χ3v) is 3.64. The van der Waals surface area contributed by atoms with Crippen molar-refractivity contribution in [2.24, 2.45) is 0 Å². The maximum atomic E-state index is 12.2. The van der Waals surface area contributed by atoms with Crippen LogP contribution in [0.1, 0.15) is 41.3 Å². The summed E-state index contributed by atoms with van der Waals surface area (Å²) in [5.41, 5.74) is 3.57. The number of carbonyl (C=O) groups is 1. The Morgan fingerprint density at radius 2 is 2.05 bits per heavy atom. The highest BCUT2D eigenvalue weighted by Gasteiger charge is 2.16. The normalized spacial score (nSPS) is 10.8. The molecule has 3 nitrogen and oxygen atoms in total. The molecule has 0 radical (unpaired) electrons. The number of rotatable bonds is 3. The molecule has 0 spiro atoms. The molecule has 1 amide bonds. The Kier molecular flexibility index (Phi) is 4.10. The van der Waals surface area contributed by atoms with Gasteiger partial charge < -0.3 is 9.73 Å². The van der Waals surface area contributed by atoms with Gasteiger partial charge in [0, 0.05) is 5.69 Å². The number of halogens is 1. The first kappa shape index (κ1) is 13.9. The number of benzene rings is 1. The molecule has 1 heterocycles. The highest BCUT2D eigenvalue weighted by molar-refractivity contribution is 9.10. The van der Waals surface area contributed by atoms with Crippen molar-refractivity contribution in [1.29, 1.82) is 0 Å². The average Bonchev–Trinajstić information content (AvgIpc) is 2.77.